The summed E-state index contributed by atoms with van der Waals surface area (Å²) in [4.78, 5) is 26.3. The van der Waals surface area contributed by atoms with E-state index in [-0.39, 0.29) is 6.61 Å². The van der Waals surface area contributed by atoms with E-state index in [0.29, 0.717) is 5.52 Å². The molecule has 0 aliphatic rings. The molecule has 7 nitrogen and oxygen atoms in total. The maximum Gasteiger partial charge on any atom is 0.468 e. The molecule has 0 atom stereocenters. The lowest BCUT2D eigenvalue weighted by Gasteiger charge is -2.19. The van der Waals surface area contributed by atoms with Crippen LogP contribution in [-0.4, -0.2) is 38.8 Å². The lowest BCUT2D eigenvalue weighted by molar-refractivity contribution is -0.138. The Balaban J connectivity index is 2.26. The van der Waals surface area contributed by atoms with E-state index in [9.17, 15) is 9.59 Å². The van der Waals surface area contributed by atoms with Gasteiger partial charge in [-0.3, -0.25) is 4.57 Å². The third-order valence-corrected chi connectivity index (χ3v) is 3.68. The first-order valence-corrected chi connectivity index (χ1v) is 8.55. The topological polar surface area (TPSA) is 93.9 Å². The maximum atomic E-state index is 12.4. The molecule has 2 rings (SSSR count). The number of nitrogens with zero attached hydrogens (tertiary/aromatic N) is 3. The molecule has 0 bridgehead atoms. The van der Waals surface area contributed by atoms with Gasteiger partial charge in [0.2, 0.25) is 0 Å². The first kappa shape index (κ1) is 20.4. The van der Waals surface area contributed by atoms with Crippen LogP contribution in [0, 0.1) is 0 Å². The summed E-state index contributed by atoms with van der Waals surface area (Å²) < 4.78 is 11.8. The minimum Gasteiger partial charge on any atom is -0.452 e. The van der Waals surface area contributed by atoms with Gasteiger partial charge in [-0.25, -0.2) is 9.59 Å². The lowest BCUT2D eigenvalue weighted by atomic mass is 10.1. The second-order valence-corrected chi connectivity index (χ2v) is 7.26. The van der Waals surface area contributed by atoms with Crippen molar-refractivity contribution in [2.45, 2.75) is 33.3 Å². The van der Waals surface area contributed by atoms with Crippen molar-refractivity contribution in [3.8, 4) is 0 Å². The van der Waals surface area contributed by atoms with Crippen LogP contribution in [0.3, 0.4) is 0 Å². The number of carbonyl (C=O) groups excluding carboxylic acids is 2. The van der Waals surface area contributed by atoms with Gasteiger partial charge in [-0.1, -0.05) is 18.2 Å². The first-order chi connectivity index (χ1) is 12.6. The summed E-state index contributed by atoms with van der Waals surface area (Å²) in [5.41, 5.74) is 10.1. The summed E-state index contributed by atoms with van der Waals surface area (Å²) in [6.45, 7) is 7.18. The highest BCUT2D eigenvalue weighted by Gasteiger charge is 2.20. The average molecular weight is 390 g/mol. The van der Waals surface area contributed by atoms with Gasteiger partial charge in [0.15, 0.2) is 0 Å². The van der Waals surface area contributed by atoms with E-state index in [1.54, 1.807) is 13.1 Å². The molecule has 142 valence electrons. The zero-order valence-electron chi connectivity index (χ0n) is 15.5. The van der Waals surface area contributed by atoms with E-state index in [2.05, 4.69) is 4.79 Å². The summed E-state index contributed by atoms with van der Waals surface area (Å²) in [6.07, 6.45) is 3.03. The third kappa shape index (κ3) is 5.29. The molecule has 0 amide bonds. The molecule has 0 spiro atoms. The number of ether oxygens (including phenoxy) is 2. The second-order valence-electron chi connectivity index (χ2n) is 6.90. The fraction of sp³-hybridized carbons (Fsp3) is 0.316. The predicted molar refractivity (Wildman–Crippen MR) is 103 cm³/mol. The summed E-state index contributed by atoms with van der Waals surface area (Å²) in [6, 6.07) is 7.35. The zero-order chi connectivity index (χ0) is 20.2. The van der Waals surface area contributed by atoms with Gasteiger partial charge in [0.1, 0.15) is 12.2 Å². The number of fused-ring (bicyclic) bond motifs is 1. The van der Waals surface area contributed by atoms with Crippen molar-refractivity contribution >= 4 is 45.8 Å². The van der Waals surface area contributed by atoms with Gasteiger partial charge < -0.3 is 15.0 Å². The lowest BCUT2D eigenvalue weighted by Crippen LogP contribution is -2.26. The van der Waals surface area contributed by atoms with E-state index in [4.69, 9.17) is 26.6 Å². The monoisotopic (exact) mass is 389 g/mol. The highest BCUT2D eigenvalue weighted by atomic mass is 35.5. The molecule has 0 saturated carbocycles. The van der Waals surface area contributed by atoms with Crippen LogP contribution in [0.5, 0.6) is 0 Å². The van der Waals surface area contributed by atoms with Crippen molar-refractivity contribution in [2.75, 3.05) is 6.61 Å². The van der Waals surface area contributed by atoms with Gasteiger partial charge in [-0.15, -0.1) is 4.79 Å². The van der Waals surface area contributed by atoms with Gasteiger partial charge in [0.25, 0.3) is 0 Å². The number of benzene rings is 1. The van der Waals surface area contributed by atoms with Gasteiger partial charge >= 0.3 is 17.2 Å². The number of esters is 1. The minimum absolute atomic E-state index is 0.0201. The minimum atomic E-state index is -0.916. The van der Waals surface area contributed by atoms with Crippen LogP contribution in [0.15, 0.2) is 36.0 Å². The number of halogens is 1. The SMILES string of the molecule is C/C(=C\c1cccc2c1ccn2C(=O)OC(C)(C)C)COC(=O)C(Cl)=[N+]=[N-]. The Hall–Kier alpha value is -2.89. The van der Waals surface area contributed by atoms with E-state index in [1.165, 1.54) is 4.57 Å². The Morgan fingerprint density at radius 3 is 2.63 bits per heavy atom. The smallest absolute Gasteiger partial charge is 0.452 e. The number of carbonyl (C=O) groups is 2. The molecule has 0 fully saturated rings. The molecule has 8 heteroatoms. The van der Waals surface area contributed by atoms with Crippen molar-refractivity contribution in [1.29, 1.82) is 0 Å². The Morgan fingerprint density at radius 1 is 1.30 bits per heavy atom. The molecular weight excluding hydrogens is 370 g/mol. The maximum absolute atomic E-state index is 12.4. The van der Waals surface area contributed by atoms with Crippen molar-refractivity contribution < 1.29 is 23.9 Å². The zero-order valence-corrected chi connectivity index (χ0v) is 16.3. The highest BCUT2D eigenvalue weighted by Crippen LogP contribution is 2.23. The molecule has 0 saturated heterocycles. The molecule has 1 heterocycles. The molecule has 0 N–H and O–H groups in total. The normalized spacial score (nSPS) is 11.8. The molecule has 0 aliphatic heterocycles. The fourth-order valence-electron chi connectivity index (χ4n) is 2.37. The van der Waals surface area contributed by atoms with Crippen LogP contribution < -0.4 is 0 Å². The van der Waals surface area contributed by atoms with Gasteiger partial charge in [0.05, 0.1) is 5.52 Å². The highest BCUT2D eigenvalue weighted by molar-refractivity contribution is 6.80. The third-order valence-electron chi connectivity index (χ3n) is 3.45. The van der Waals surface area contributed by atoms with Gasteiger partial charge in [-0.2, -0.15) is 0 Å². The Labute approximate surface area is 161 Å². The fourth-order valence-corrected chi connectivity index (χ4v) is 2.43. The standard InChI is InChI=1S/C19H20ClN3O4/c1-12(11-26-17(24)16(20)22-21)10-13-6-5-7-15-14(13)8-9-23(15)18(25)27-19(2,3)4/h5-10H,11H2,1-4H3/b12-10+. The average Bonchev–Trinajstić information content (AvgIpc) is 3.02. The molecule has 1 aromatic heterocycles. The Morgan fingerprint density at radius 2 is 2.00 bits per heavy atom. The summed E-state index contributed by atoms with van der Waals surface area (Å²) in [7, 11) is 0. The molecule has 0 unspecified atom stereocenters. The first-order valence-electron chi connectivity index (χ1n) is 8.17. The quantitative estimate of drug-likeness (QED) is 0.338. The van der Waals surface area contributed by atoms with Crippen molar-refractivity contribution in [3.05, 3.63) is 47.1 Å². The van der Waals surface area contributed by atoms with Gasteiger partial charge in [-0.05, 0) is 51.0 Å². The van der Waals surface area contributed by atoms with Crippen molar-refractivity contribution in [2.24, 2.45) is 0 Å². The van der Waals surface area contributed by atoms with Crippen LogP contribution in [0.4, 0.5) is 4.79 Å². The van der Waals surface area contributed by atoms with E-state index < -0.39 is 22.8 Å². The largest absolute Gasteiger partial charge is 0.468 e. The molecule has 1 aromatic carbocycles. The van der Waals surface area contributed by atoms with Crippen LogP contribution in [0.25, 0.3) is 22.5 Å². The van der Waals surface area contributed by atoms with Crippen molar-refractivity contribution in [1.82, 2.24) is 4.57 Å². The summed E-state index contributed by atoms with van der Waals surface area (Å²) >= 11 is 5.38. The molecule has 0 radical (unpaired) electrons. The van der Waals surface area contributed by atoms with E-state index in [0.717, 1.165) is 16.5 Å². The number of rotatable bonds is 4. The van der Waals surface area contributed by atoms with E-state index >= 15 is 0 Å². The second kappa shape index (κ2) is 8.20. The van der Waals surface area contributed by atoms with E-state index in [1.807, 2.05) is 51.1 Å². The molecule has 27 heavy (non-hydrogen) atoms. The molecular formula is C19H20ClN3O4. The Bertz CT molecular complexity index is 963. The van der Waals surface area contributed by atoms with Crippen LogP contribution >= 0.6 is 11.6 Å². The number of hydrogen-bond donors (Lipinski definition) is 0. The summed E-state index contributed by atoms with van der Waals surface area (Å²) in [5, 5.41) is 0.211. The van der Waals surface area contributed by atoms with Crippen molar-refractivity contribution in [3.63, 3.8) is 0 Å². The predicted octanol–water partition coefficient (Wildman–Crippen LogP) is 4.24. The Kier molecular flexibility index (Phi) is 6.20. The molecule has 0 aliphatic carbocycles. The van der Waals surface area contributed by atoms with Crippen LogP contribution in [-0.2, 0) is 14.3 Å². The van der Waals surface area contributed by atoms with Crippen LogP contribution in [0.1, 0.15) is 33.3 Å². The number of aromatic nitrogens is 1. The summed E-state index contributed by atoms with van der Waals surface area (Å²) in [5.74, 6) is -0.916. The molecule has 2 aromatic rings. The number of hydrogen-bond acceptors (Lipinski definition) is 4. The van der Waals surface area contributed by atoms with Crippen LogP contribution in [0.2, 0.25) is 0 Å². The van der Waals surface area contributed by atoms with Gasteiger partial charge in [0, 0.05) is 23.2 Å².